The quantitative estimate of drug-likeness (QED) is 0.859. The second-order valence-electron chi connectivity index (χ2n) is 3.51. The Kier molecular flexibility index (Phi) is 3.49. The largest absolute Gasteiger partial charge is 0.471 e. The molecule has 0 spiro atoms. The normalized spacial score (nSPS) is 11.5. The van der Waals surface area contributed by atoms with Crippen LogP contribution in [-0.2, 0) is 12.6 Å². The molecular weight excluding hydrogens is 267 g/mol. The van der Waals surface area contributed by atoms with Crippen LogP contribution < -0.4 is 5.32 Å². The molecule has 19 heavy (non-hydrogen) atoms. The van der Waals surface area contributed by atoms with Crippen LogP contribution in [0.4, 0.5) is 13.2 Å². The highest BCUT2D eigenvalue weighted by Crippen LogP contribution is 2.27. The van der Waals surface area contributed by atoms with E-state index in [-0.39, 0.29) is 18.8 Å². The molecule has 2 rings (SSSR count). The van der Waals surface area contributed by atoms with Crippen molar-refractivity contribution in [3.63, 3.8) is 0 Å². The molecule has 0 bridgehead atoms. The summed E-state index contributed by atoms with van der Waals surface area (Å²) in [6, 6.07) is 0. The molecule has 10 heteroatoms. The third kappa shape index (κ3) is 3.30. The first-order valence-electron chi connectivity index (χ1n) is 5.13. The Bertz CT molecular complexity index is 548. The van der Waals surface area contributed by atoms with E-state index in [1.54, 1.807) is 0 Å². The van der Waals surface area contributed by atoms with Gasteiger partial charge in [0.25, 0.3) is 5.91 Å². The smallest absolute Gasteiger partial charge is 0.351 e. The van der Waals surface area contributed by atoms with Crippen molar-refractivity contribution in [2.24, 2.45) is 0 Å². The van der Waals surface area contributed by atoms with Gasteiger partial charge in [-0.25, -0.2) is 0 Å². The second-order valence-corrected chi connectivity index (χ2v) is 3.51. The first-order valence-corrected chi connectivity index (χ1v) is 5.13. The molecule has 0 saturated heterocycles. The van der Waals surface area contributed by atoms with E-state index in [0.29, 0.717) is 5.56 Å². The number of amides is 1. The van der Waals surface area contributed by atoms with Crippen LogP contribution >= 0.6 is 0 Å². The number of aromatic amines is 1. The molecule has 0 aliphatic carbocycles. The maximum Gasteiger partial charge on any atom is 0.471 e. The van der Waals surface area contributed by atoms with Gasteiger partial charge in [-0.3, -0.25) is 9.89 Å². The van der Waals surface area contributed by atoms with Gasteiger partial charge in [-0.05, 0) is 0 Å². The van der Waals surface area contributed by atoms with E-state index in [1.807, 2.05) is 0 Å². The number of hydrogen-bond acceptors (Lipinski definition) is 5. The Labute approximate surface area is 104 Å². The van der Waals surface area contributed by atoms with Crippen molar-refractivity contribution in [3.8, 4) is 0 Å². The zero-order chi connectivity index (χ0) is 13.9. The molecular formula is C9H8F3N5O2. The van der Waals surface area contributed by atoms with Crippen LogP contribution in [0.1, 0.15) is 22.1 Å². The summed E-state index contributed by atoms with van der Waals surface area (Å²) in [5.41, 5.74) is 0.323. The second kappa shape index (κ2) is 5.08. The van der Waals surface area contributed by atoms with Crippen LogP contribution in [-0.4, -0.2) is 32.8 Å². The van der Waals surface area contributed by atoms with Gasteiger partial charge in [0.1, 0.15) is 0 Å². The molecule has 7 nitrogen and oxygen atoms in total. The number of nitrogens with zero attached hydrogens (tertiary/aromatic N) is 3. The first kappa shape index (κ1) is 13.1. The molecule has 2 N–H and O–H groups in total. The van der Waals surface area contributed by atoms with Gasteiger partial charge in [0.2, 0.25) is 0 Å². The fraction of sp³-hybridized carbons (Fsp3) is 0.333. The van der Waals surface area contributed by atoms with Crippen molar-refractivity contribution in [1.82, 2.24) is 25.7 Å². The average Bonchev–Trinajstić information content (AvgIpc) is 2.99. The van der Waals surface area contributed by atoms with Crippen molar-refractivity contribution >= 4 is 5.91 Å². The minimum atomic E-state index is -4.66. The molecule has 1 amide bonds. The predicted octanol–water partition coefficient (Wildman–Crippen LogP) is 0.784. The van der Waals surface area contributed by atoms with E-state index in [4.69, 9.17) is 0 Å². The van der Waals surface area contributed by atoms with Gasteiger partial charge in [-0.1, -0.05) is 5.16 Å². The summed E-state index contributed by atoms with van der Waals surface area (Å²) in [5.74, 6) is -1.92. The molecule has 2 aromatic heterocycles. The van der Waals surface area contributed by atoms with Crippen molar-refractivity contribution < 1.29 is 22.5 Å². The van der Waals surface area contributed by atoms with Gasteiger partial charge in [0.15, 0.2) is 5.82 Å². The van der Waals surface area contributed by atoms with Crippen molar-refractivity contribution in [1.29, 1.82) is 0 Å². The number of rotatable bonds is 4. The molecule has 0 aromatic carbocycles. The van der Waals surface area contributed by atoms with Crippen LogP contribution in [0.15, 0.2) is 16.9 Å². The Morgan fingerprint density at radius 2 is 2.26 bits per heavy atom. The minimum absolute atomic E-state index is 0.0309. The molecule has 0 aliphatic rings. The summed E-state index contributed by atoms with van der Waals surface area (Å²) < 4.78 is 40.5. The van der Waals surface area contributed by atoms with Crippen LogP contribution in [0.3, 0.4) is 0 Å². The van der Waals surface area contributed by atoms with E-state index in [2.05, 4.69) is 30.2 Å². The number of hydrogen-bond donors (Lipinski definition) is 2. The third-order valence-corrected chi connectivity index (χ3v) is 2.11. The van der Waals surface area contributed by atoms with Gasteiger partial charge in [-0.15, -0.1) is 0 Å². The summed E-state index contributed by atoms with van der Waals surface area (Å²) in [6.45, 7) is 0.0842. The van der Waals surface area contributed by atoms with Crippen molar-refractivity contribution in [2.45, 2.75) is 12.6 Å². The molecule has 0 aliphatic heterocycles. The standard InChI is InChI=1S/C9H8F3N5O2/c10-9(11,12)8-16-6(17-19-8)1-2-13-7(18)5-3-14-15-4-5/h3-4H,1-2H2,(H,13,18)(H,14,15). The number of carbonyl (C=O) groups excluding carboxylic acids is 1. The lowest BCUT2D eigenvalue weighted by molar-refractivity contribution is -0.159. The highest BCUT2D eigenvalue weighted by Gasteiger charge is 2.38. The lowest BCUT2D eigenvalue weighted by atomic mass is 10.3. The van der Waals surface area contributed by atoms with Crippen molar-refractivity contribution in [3.05, 3.63) is 29.7 Å². The summed E-state index contributed by atoms with van der Waals surface area (Å²) in [5, 5.41) is 11.7. The summed E-state index contributed by atoms with van der Waals surface area (Å²) in [7, 11) is 0. The monoisotopic (exact) mass is 275 g/mol. The van der Waals surface area contributed by atoms with E-state index in [0.717, 1.165) is 0 Å². The first-order chi connectivity index (χ1) is 8.97. The Morgan fingerprint density at radius 1 is 1.47 bits per heavy atom. The number of alkyl halides is 3. The van der Waals surface area contributed by atoms with Gasteiger partial charge in [0.05, 0.1) is 11.8 Å². The number of aromatic nitrogens is 4. The molecule has 0 fully saturated rings. The highest BCUT2D eigenvalue weighted by atomic mass is 19.4. The van der Waals surface area contributed by atoms with E-state index in [9.17, 15) is 18.0 Å². The zero-order valence-corrected chi connectivity index (χ0v) is 9.36. The molecule has 2 heterocycles. The van der Waals surface area contributed by atoms with Gasteiger partial charge >= 0.3 is 12.1 Å². The number of carbonyl (C=O) groups is 1. The van der Waals surface area contributed by atoms with Crippen LogP contribution in [0.2, 0.25) is 0 Å². The molecule has 0 saturated carbocycles. The van der Waals surface area contributed by atoms with Crippen LogP contribution in [0, 0.1) is 0 Å². The number of nitrogens with one attached hydrogen (secondary N) is 2. The Balaban J connectivity index is 1.83. The minimum Gasteiger partial charge on any atom is -0.351 e. The SMILES string of the molecule is O=C(NCCc1noc(C(F)(F)F)n1)c1cn[nH]c1. The molecule has 0 unspecified atom stereocenters. The van der Waals surface area contributed by atoms with Crippen LogP contribution in [0.25, 0.3) is 0 Å². The fourth-order valence-corrected chi connectivity index (χ4v) is 1.24. The zero-order valence-electron chi connectivity index (χ0n) is 9.36. The summed E-state index contributed by atoms with van der Waals surface area (Å²) >= 11 is 0. The third-order valence-electron chi connectivity index (χ3n) is 2.11. The topological polar surface area (TPSA) is 96.7 Å². The number of H-pyrrole nitrogens is 1. The highest BCUT2D eigenvalue weighted by molar-refractivity contribution is 5.93. The Hall–Kier alpha value is -2.39. The maximum absolute atomic E-state index is 12.2. The van der Waals surface area contributed by atoms with Crippen LogP contribution in [0.5, 0.6) is 0 Å². The number of halogens is 3. The van der Waals surface area contributed by atoms with Gasteiger partial charge in [0, 0.05) is 19.2 Å². The molecule has 2 aromatic rings. The molecule has 0 atom stereocenters. The summed E-state index contributed by atoms with van der Waals surface area (Å²) in [6.07, 6.45) is -1.91. The van der Waals surface area contributed by atoms with E-state index >= 15 is 0 Å². The Morgan fingerprint density at radius 3 is 2.84 bits per heavy atom. The lowest BCUT2D eigenvalue weighted by Crippen LogP contribution is -2.25. The average molecular weight is 275 g/mol. The predicted molar refractivity (Wildman–Crippen MR) is 53.9 cm³/mol. The molecule has 102 valence electrons. The maximum atomic E-state index is 12.2. The van der Waals surface area contributed by atoms with Crippen molar-refractivity contribution in [2.75, 3.05) is 6.54 Å². The van der Waals surface area contributed by atoms with Gasteiger partial charge < -0.3 is 9.84 Å². The summed E-state index contributed by atoms with van der Waals surface area (Å²) in [4.78, 5) is 14.6. The van der Waals surface area contributed by atoms with E-state index < -0.39 is 18.0 Å². The lowest BCUT2D eigenvalue weighted by Gasteiger charge is -2.00. The fourth-order valence-electron chi connectivity index (χ4n) is 1.24. The van der Waals surface area contributed by atoms with Gasteiger partial charge in [-0.2, -0.15) is 23.3 Å². The van der Waals surface area contributed by atoms with E-state index in [1.165, 1.54) is 12.4 Å². The molecule has 0 radical (unpaired) electrons.